The summed E-state index contributed by atoms with van der Waals surface area (Å²) in [4.78, 5) is 14.7. The molecular formula is C12H7NO3S. The van der Waals surface area contributed by atoms with Crippen LogP contribution in [0.15, 0.2) is 40.5 Å². The summed E-state index contributed by atoms with van der Waals surface area (Å²) in [7, 11) is 0. The lowest BCUT2D eigenvalue weighted by atomic mass is 10.1. The molecule has 0 atom stereocenters. The number of aromatic nitrogens is 1. The lowest BCUT2D eigenvalue weighted by Gasteiger charge is -1.95. The average molecular weight is 245 g/mol. The monoisotopic (exact) mass is 245 g/mol. The van der Waals surface area contributed by atoms with Gasteiger partial charge >= 0.3 is 5.97 Å². The Morgan fingerprint density at radius 1 is 1.35 bits per heavy atom. The zero-order chi connectivity index (χ0) is 11.8. The summed E-state index contributed by atoms with van der Waals surface area (Å²) in [6.07, 6.45) is 1.16. The molecule has 5 heteroatoms. The molecule has 0 radical (unpaired) electrons. The van der Waals surface area contributed by atoms with Crippen molar-refractivity contribution in [1.29, 1.82) is 0 Å². The SMILES string of the molecule is O=C(O)c1ncoc1-c1csc2ccccc12. The lowest BCUT2D eigenvalue weighted by Crippen LogP contribution is -1.98. The molecule has 0 unspecified atom stereocenters. The molecule has 0 saturated heterocycles. The minimum atomic E-state index is -1.08. The number of fused-ring (bicyclic) bond motifs is 1. The molecule has 0 fully saturated rings. The molecule has 0 aliphatic carbocycles. The largest absolute Gasteiger partial charge is 0.476 e. The number of oxazole rings is 1. The van der Waals surface area contributed by atoms with Gasteiger partial charge in [0.1, 0.15) is 0 Å². The van der Waals surface area contributed by atoms with Crippen LogP contribution in [0.2, 0.25) is 0 Å². The molecule has 1 N–H and O–H groups in total. The number of hydrogen-bond donors (Lipinski definition) is 1. The zero-order valence-corrected chi connectivity index (χ0v) is 9.40. The smallest absolute Gasteiger partial charge is 0.358 e. The number of nitrogens with zero attached hydrogens (tertiary/aromatic N) is 1. The van der Waals surface area contributed by atoms with E-state index in [9.17, 15) is 4.79 Å². The number of aromatic carboxylic acids is 1. The fraction of sp³-hybridized carbons (Fsp3) is 0. The standard InChI is InChI=1S/C12H7NO3S/c14-12(15)10-11(16-6-13-10)8-5-17-9-4-2-1-3-7(8)9/h1-6H,(H,14,15). The van der Waals surface area contributed by atoms with Gasteiger partial charge in [0.15, 0.2) is 17.8 Å². The van der Waals surface area contributed by atoms with Gasteiger partial charge < -0.3 is 9.52 Å². The quantitative estimate of drug-likeness (QED) is 0.752. The second kappa shape index (κ2) is 3.71. The molecule has 0 aliphatic rings. The molecule has 0 saturated carbocycles. The summed E-state index contributed by atoms with van der Waals surface area (Å²) in [5.74, 6) is -0.765. The molecule has 1 aromatic carbocycles. The highest BCUT2D eigenvalue weighted by Gasteiger charge is 2.19. The molecule has 0 aliphatic heterocycles. The number of carbonyl (C=O) groups is 1. The normalized spacial score (nSPS) is 10.8. The molecule has 0 bridgehead atoms. The maximum absolute atomic E-state index is 11.0. The van der Waals surface area contributed by atoms with Crippen molar-refractivity contribution in [1.82, 2.24) is 4.98 Å². The number of benzene rings is 1. The maximum atomic E-state index is 11.0. The summed E-state index contributed by atoms with van der Waals surface area (Å²) >= 11 is 1.55. The van der Waals surface area contributed by atoms with Gasteiger partial charge in [-0.15, -0.1) is 11.3 Å². The van der Waals surface area contributed by atoms with Crippen LogP contribution in [0.3, 0.4) is 0 Å². The molecule has 17 heavy (non-hydrogen) atoms. The number of hydrogen-bond acceptors (Lipinski definition) is 4. The van der Waals surface area contributed by atoms with Gasteiger partial charge in [-0.1, -0.05) is 18.2 Å². The summed E-state index contributed by atoms with van der Waals surface area (Å²) in [5, 5.41) is 11.9. The van der Waals surface area contributed by atoms with E-state index in [0.717, 1.165) is 22.0 Å². The molecule has 2 heterocycles. The first kappa shape index (κ1) is 10.0. The molecule has 3 aromatic rings. The van der Waals surface area contributed by atoms with Gasteiger partial charge in [0.2, 0.25) is 0 Å². The molecular weight excluding hydrogens is 238 g/mol. The van der Waals surface area contributed by atoms with E-state index in [-0.39, 0.29) is 5.69 Å². The number of carboxylic acids is 1. The van der Waals surface area contributed by atoms with Crippen molar-refractivity contribution in [2.24, 2.45) is 0 Å². The Balaban J connectivity index is 2.28. The fourth-order valence-electron chi connectivity index (χ4n) is 1.74. The average Bonchev–Trinajstić information content (AvgIpc) is 2.94. The minimum absolute atomic E-state index is 0.0476. The highest BCUT2D eigenvalue weighted by Crippen LogP contribution is 2.35. The molecule has 3 rings (SSSR count). The summed E-state index contributed by atoms with van der Waals surface area (Å²) in [6.45, 7) is 0. The Kier molecular flexibility index (Phi) is 2.19. The second-order valence-electron chi connectivity index (χ2n) is 3.48. The molecule has 2 aromatic heterocycles. The highest BCUT2D eigenvalue weighted by molar-refractivity contribution is 7.17. The Morgan fingerprint density at radius 2 is 2.18 bits per heavy atom. The van der Waals surface area contributed by atoms with Crippen molar-refractivity contribution in [2.75, 3.05) is 0 Å². The van der Waals surface area contributed by atoms with Crippen LogP contribution in [0.1, 0.15) is 10.5 Å². The van der Waals surface area contributed by atoms with E-state index in [1.807, 2.05) is 29.6 Å². The van der Waals surface area contributed by atoms with Crippen molar-refractivity contribution in [3.05, 3.63) is 41.7 Å². The molecule has 4 nitrogen and oxygen atoms in total. The van der Waals surface area contributed by atoms with E-state index in [1.165, 1.54) is 0 Å². The molecule has 0 spiro atoms. The van der Waals surface area contributed by atoms with E-state index in [0.29, 0.717) is 5.76 Å². The lowest BCUT2D eigenvalue weighted by molar-refractivity contribution is 0.0691. The minimum Gasteiger partial charge on any atom is -0.476 e. The van der Waals surface area contributed by atoms with Gasteiger partial charge in [0.25, 0.3) is 0 Å². The van der Waals surface area contributed by atoms with Gasteiger partial charge in [0.05, 0.1) is 0 Å². The summed E-state index contributed by atoms with van der Waals surface area (Å²) in [6, 6.07) is 7.78. The van der Waals surface area contributed by atoms with Crippen LogP contribution in [-0.4, -0.2) is 16.1 Å². The van der Waals surface area contributed by atoms with E-state index < -0.39 is 5.97 Å². The first-order valence-electron chi connectivity index (χ1n) is 4.91. The van der Waals surface area contributed by atoms with E-state index in [4.69, 9.17) is 9.52 Å². The fourth-order valence-corrected chi connectivity index (χ4v) is 2.68. The first-order valence-corrected chi connectivity index (χ1v) is 5.78. The van der Waals surface area contributed by atoms with Crippen molar-refractivity contribution in [3.8, 4) is 11.3 Å². The van der Waals surface area contributed by atoms with Gasteiger partial charge in [-0.25, -0.2) is 9.78 Å². The van der Waals surface area contributed by atoms with Gasteiger partial charge in [-0.05, 0) is 6.07 Å². The van der Waals surface area contributed by atoms with E-state index in [1.54, 1.807) is 11.3 Å². The van der Waals surface area contributed by atoms with Crippen LogP contribution in [0.4, 0.5) is 0 Å². The maximum Gasteiger partial charge on any atom is 0.358 e. The van der Waals surface area contributed by atoms with Crippen LogP contribution in [0, 0.1) is 0 Å². The topological polar surface area (TPSA) is 63.3 Å². The Bertz CT molecular complexity index is 698. The van der Waals surface area contributed by atoms with Crippen LogP contribution >= 0.6 is 11.3 Å². The van der Waals surface area contributed by atoms with Gasteiger partial charge in [-0.2, -0.15) is 0 Å². The van der Waals surface area contributed by atoms with Crippen LogP contribution in [-0.2, 0) is 0 Å². The van der Waals surface area contributed by atoms with Crippen molar-refractivity contribution in [2.45, 2.75) is 0 Å². The Morgan fingerprint density at radius 3 is 3.00 bits per heavy atom. The summed E-state index contributed by atoms with van der Waals surface area (Å²) < 4.78 is 6.29. The molecule has 0 amide bonds. The Labute approximate surface area is 100 Å². The predicted octanol–water partition coefficient (Wildman–Crippen LogP) is 3.25. The second-order valence-corrected chi connectivity index (χ2v) is 4.39. The first-order chi connectivity index (χ1) is 8.27. The van der Waals surface area contributed by atoms with Crippen molar-refractivity contribution >= 4 is 27.4 Å². The van der Waals surface area contributed by atoms with Crippen LogP contribution < -0.4 is 0 Å². The number of rotatable bonds is 2. The third-order valence-electron chi connectivity index (χ3n) is 2.50. The number of carboxylic acid groups (broad SMARTS) is 1. The molecule has 84 valence electrons. The summed E-state index contributed by atoms with van der Waals surface area (Å²) in [5.41, 5.74) is 0.731. The Hall–Kier alpha value is -2.14. The van der Waals surface area contributed by atoms with Gasteiger partial charge in [-0.3, -0.25) is 0 Å². The van der Waals surface area contributed by atoms with Crippen molar-refractivity contribution < 1.29 is 14.3 Å². The van der Waals surface area contributed by atoms with E-state index in [2.05, 4.69) is 4.98 Å². The third-order valence-corrected chi connectivity index (χ3v) is 3.46. The number of thiophene rings is 1. The van der Waals surface area contributed by atoms with Crippen LogP contribution in [0.25, 0.3) is 21.4 Å². The predicted molar refractivity (Wildman–Crippen MR) is 64.3 cm³/mol. The van der Waals surface area contributed by atoms with Crippen LogP contribution in [0.5, 0.6) is 0 Å². The van der Waals surface area contributed by atoms with Crippen molar-refractivity contribution in [3.63, 3.8) is 0 Å². The van der Waals surface area contributed by atoms with E-state index >= 15 is 0 Å². The van der Waals surface area contributed by atoms with Gasteiger partial charge in [0, 0.05) is 21.0 Å². The zero-order valence-electron chi connectivity index (χ0n) is 8.58. The highest BCUT2D eigenvalue weighted by atomic mass is 32.1. The third kappa shape index (κ3) is 1.52.